The Labute approximate surface area is 81.6 Å². The van der Waals surface area contributed by atoms with Crippen LogP contribution in [-0.4, -0.2) is 25.9 Å². The molecule has 0 amide bonds. The molecule has 2 heteroatoms. The van der Waals surface area contributed by atoms with Crippen molar-refractivity contribution in [3.63, 3.8) is 0 Å². The van der Waals surface area contributed by atoms with E-state index in [0.717, 1.165) is 25.7 Å². The van der Waals surface area contributed by atoms with E-state index in [1.54, 1.807) is 0 Å². The van der Waals surface area contributed by atoms with Crippen LogP contribution in [0.25, 0.3) is 0 Å². The second kappa shape index (κ2) is 6.39. The molecule has 0 spiro atoms. The van der Waals surface area contributed by atoms with Gasteiger partial charge in [-0.2, -0.15) is 0 Å². The van der Waals surface area contributed by atoms with Crippen molar-refractivity contribution in [2.24, 2.45) is 5.92 Å². The summed E-state index contributed by atoms with van der Waals surface area (Å²) in [6.07, 6.45) is 5.64. The molecule has 0 aromatic rings. The van der Waals surface area contributed by atoms with Crippen LogP contribution in [-0.2, 0) is 9.47 Å². The summed E-state index contributed by atoms with van der Waals surface area (Å²) in [7, 11) is 0. The smallest absolute Gasteiger partial charge is 0.104 e. The molecule has 2 nitrogen and oxygen atoms in total. The quantitative estimate of drug-likeness (QED) is 0.429. The fourth-order valence-electron chi connectivity index (χ4n) is 1.31. The van der Waals surface area contributed by atoms with Gasteiger partial charge < -0.3 is 9.47 Å². The molecular formula is C11H22O2. The van der Waals surface area contributed by atoms with Gasteiger partial charge in [0, 0.05) is 6.61 Å². The van der Waals surface area contributed by atoms with Crippen LogP contribution in [0.15, 0.2) is 0 Å². The van der Waals surface area contributed by atoms with Crippen LogP contribution in [0.1, 0.15) is 39.5 Å². The number of epoxide rings is 1. The molecule has 0 radical (unpaired) electrons. The molecule has 13 heavy (non-hydrogen) atoms. The Bertz CT molecular complexity index is 113. The van der Waals surface area contributed by atoms with Crippen LogP contribution in [0, 0.1) is 5.92 Å². The highest BCUT2D eigenvalue weighted by Crippen LogP contribution is 2.10. The van der Waals surface area contributed by atoms with Gasteiger partial charge in [0.25, 0.3) is 0 Å². The van der Waals surface area contributed by atoms with E-state index in [-0.39, 0.29) is 0 Å². The predicted octanol–water partition coefficient (Wildman–Crippen LogP) is 2.62. The Morgan fingerprint density at radius 2 is 2.08 bits per heavy atom. The molecule has 0 bridgehead atoms. The Morgan fingerprint density at radius 1 is 1.31 bits per heavy atom. The number of rotatable bonds is 8. The third-order valence-corrected chi connectivity index (χ3v) is 2.28. The van der Waals surface area contributed by atoms with E-state index in [1.165, 1.54) is 25.7 Å². The fourth-order valence-corrected chi connectivity index (χ4v) is 1.31. The minimum Gasteiger partial charge on any atom is -0.379 e. The monoisotopic (exact) mass is 186 g/mol. The minimum atomic E-state index is 0.427. The second-order valence-electron chi connectivity index (χ2n) is 4.27. The van der Waals surface area contributed by atoms with Crippen LogP contribution < -0.4 is 0 Å². The largest absolute Gasteiger partial charge is 0.379 e. The molecule has 1 atom stereocenters. The number of hydrogen-bond acceptors (Lipinski definition) is 2. The molecule has 1 aliphatic rings. The van der Waals surface area contributed by atoms with Gasteiger partial charge in [-0.25, -0.2) is 0 Å². The molecule has 78 valence electrons. The van der Waals surface area contributed by atoms with Gasteiger partial charge in [-0.3, -0.25) is 0 Å². The van der Waals surface area contributed by atoms with Crippen LogP contribution in [0.4, 0.5) is 0 Å². The Morgan fingerprint density at radius 3 is 2.69 bits per heavy atom. The fraction of sp³-hybridized carbons (Fsp3) is 1.00. The predicted molar refractivity (Wildman–Crippen MR) is 53.9 cm³/mol. The number of ether oxygens (including phenoxy) is 2. The van der Waals surface area contributed by atoms with Crippen molar-refractivity contribution in [3.8, 4) is 0 Å². The summed E-state index contributed by atoms with van der Waals surface area (Å²) < 4.78 is 10.5. The lowest BCUT2D eigenvalue weighted by Crippen LogP contribution is -2.02. The highest BCUT2D eigenvalue weighted by atomic mass is 16.6. The molecule has 0 aromatic carbocycles. The van der Waals surface area contributed by atoms with Gasteiger partial charge in [-0.1, -0.05) is 33.1 Å². The van der Waals surface area contributed by atoms with Gasteiger partial charge in [0.05, 0.1) is 13.2 Å². The van der Waals surface area contributed by atoms with E-state index in [9.17, 15) is 0 Å². The SMILES string of the molecule is CC(C)CCCCCOCC1CO1. The summed E-state index contributed by atoms with van der Waals surface area (Å²) >= 11 is 0. The van der Waals surface area contributed by atoms with E-state index < -0.39 is 0 Å². The van der Waals surface area contributed by atoms with E-state index in [1.807, 2.05) is 0 Å². The molecule has 1 rings (SSSR count). The second-order valence-corrected chi connectivity index (χ2v) is 4.27. The van der Waals surface area contributed by atoms with Gasteiger partial charge in [-0.05, 0) is 12.3 Å². The van der Waals surface area contributed by atoms with Gasteiger partial charge in [0.15, 0.2) is 0 Å². The maximum atomic E-state index is 5.44. The summed E-state index contributed by atoms with van der Waals surface area (Å²) in [4.78, 5) is 0. The zero-order valence-electron chi connectivity index (χ0n) is 8.92. The Kier molecular flexibility index (Phi) is 5.40. The first kappa shape index (κ1) is 11.0. The average Bonchev–Trinajstić information content (AvgIpc) is 2.86. The van der Waals surface area contributed by atoms with Crippen molar-refractivity contribution >= 4 is 0 Å². The van der Waals surface area contributed by atoms with Crippen molar-refractivity contribution in [2.45, 2.75) is 45.6 Å². The standard InChI is InChI=1S/C11H22O2/c1-10(2)6-4-3-5-7-12-8-11-9-13-11/h10-11H,3-9H2,1-2H3. The third kappa shape index (κ3) is 7.03. The first-order valence-electron chi connectivity index (χ1n) is 5.48. The zero-order valence-corrected chi connectivity index (χ0v) is 8.92. The number of hydrogen-bond donors (Lipinski definition) is 0. The summed E-state index contributed by atoms with van der Waals surface area (Å²) in [5, 5.41) is 0. The van der Waals surface area contributed by atoms with Crippen molar-refractivity contribution < 1.29 is 9.47 Å². The molecular weight excluding hydrogens is 164 g/mol. The molecule has 1 aliphatic heterocycles. The minimum absolute atomic E-state index is 0.427. The highest BCUT2D eigenvalue weighted by molar-refractivity contribution is 4.66. The molecule has 1 saturated heterocycles. The molecule has 0 aliphatic carbocycles. The van der Waals surface area contributed by atoms with Crippen molar-refractivity contribution in [2.75, 3.05) is 19.8 Å². The Hall–Kier alpha value is -0.0800. The lowest BCUT2D eigenvalue weighted by atomic mass is 10.1. The molecule has 0 saturated carbocycles. The van der Waals surface area contributed by atoms with Crippen LogP contribution in [0.5, 0.6) is 0 Å². The number of unbranched alkanes of at least 4 members (excludes halogenated alkanes) is 2. The molecule has 1 fully saturated rings. The van der Waals surface area contributed by atoms with Crippen LogP contribution in [0.3, 0.4) is 0 Å². The normalized spacial score (nSPS) is 21.0. The van der Waals surface area contributed by atoms with Gasteiger partial charge >= 0.3 is 0 Å². The highest BCUT2D eigenvalue weighted by Gasteiger charge is 2.21. The lowest BCUT2D eigenvalue weighted by molar-refractivity contribution is 0.112. The molecule has 1 unspecified atom stereocenters. The molecule has 0 aromatic heterocycles. The summed E-state index contributed by atoms with van der Waals surface area (Å²) in [6, 6.07) is 0. The van der Waals surface area contributed by atoms with Gasteiger partial charge in [-0.15, -0.1) is 0 Å². The van der Waals surface area contributed by atoms with Crippen molar-refractivity contribution in [1.29, 1.82) is 0 Å². The third-order valence-electron chi connectivity index (χ3n) is 2.28. The maximum absolute atomic E-state index is 5.44. The first-order valence-corrected chi connectivity index (χ1v) is 5.48. The zero-order chi connectivity index (χ0) is 9.52. The van der Waals surface area contributed by atoms with Gasteiger partial charge in [0.1, 0.15) is 6.10 Å². The Balaban J connectivity index is 1.68. The maximum Gasteiger partial charge on any atom is 0.104 e. The van der Waals surface area contributed by atoms with Crippen molar-refractivity contribution in [1.82, 2.24) is 0 Å². The van der Waals surface area contributed by atoms with Crippen LogP contribution >= 0.6 is 0 Å². The van der Waals surface area contributed by atoms with Crippen molar-refractivity contribution in [3.05, 3.63) is 0 Å². The van der Waals surface area contributed by atoms with E-state index >= 15 is 0 Å². The first-order chi connectivity index (χ1) is 6.29. The van der Waals surface area contributed by atoms with Gasteiger partial charge in [0.2, 0.25) is 0 Å². The van der Waals surface area contributed by atoms with Crippen LogP contribution in [0.2, 0.25) is 0 Å². The molecule has 0 N–H and O–H groups in total. The lowest BCUT2D eigenvalue weighted by Gasteiger charge is -2.04. The topological polar surface area (TPSA) is 21.8 Å². The summed E-state index contributed by atoms with van der Waals surface area (Å²) in [6.45, 7) is 7.19. The summed E-state index contributed by atoms with van der Waals surface area (Å²) in [5.41, 5.74) is 0. The van der Waals surface area contributed by atoms with E-state index in [2.05, 4.69) is 13.8 Å². The van der Waals surface area contributed by atoms with E-state index in [0.29, 0.717) is 6.10 Å². The average molecular weight is 186 g/mol. The summed E-state index contributed by atoms with van der Waals surface area (Å²) in [5.74, 6) is 0.848. The molecule has 1 heterocycles. The van der Waals surface area contributed by atoms with E-state index in [4.69, 9.17) is 9.47 Å².